The summed E-state index contributed by atoms with van der Waals surface area (Å²) in [5.74, 6) is -3.65. The number of carbonyl (C=O) groups excluding carboxylic acids is 5. The van der Waals surface area contributed by atoms with Crippen LogP contribution in [-0.4, -0.2) is 79.9 Å². The predicted octanol–water partition coefficient (Wildman–Crippen LogP) is 0.641. The summed E-state index contributed by atoms with van der Waals surface area (Å²) in [7, 11) is 3.39. The molecule has 0 aliphatic rings. The first-order valence-corrected chi connectivity index (χ1v) is 10.5. The molecule has 0 bridgehead atoms. The van der Waals surface area contributed by atoms with Gasteiger partial charge in [-0.1, -0.05) is 13.8 Å². The van der Waals surface area contributed by atoms with Crippen molar-refractivity contribution < 1.29 is 42.9 Å². The van der Waals surface area contributed by atoms with Crippen molar-refractivity contribution in [3.8, 4) is 0 Å². The molecule has 2 N–H and O–H groups in total. The van der Waals surface area contributed by atoms with E-state index in [9.17, 15) is 24.0 Å². The Balaban J connectivity index is 5.59. The van der Waals surface area contributed by atoms with Gasteiger partial charge in [0.15, 0.2) is 5.25 Å². The van der Waals surface area contributed by atoms with Crippen LogP contribution in [0.15, 0.2) is 0 Å². The van der Waals surface area contributed by atoms with Crippen LogP contribution in [0.25, 0.3) is 0 Å². The summed E-state index contributed by atoms with van der Waals surface area (Å²) in [6, 6.07) is -2.22. The molecule has 0 aromatic heterocycles. The molecule has 0 aliphatic heterocycles. The van der Waals surface area contributed by atoms with Gasteiger partial charge < -0.3 is 29.6 Å². The SMILES string of the molecule is COC(=O)C(SC[C@H](NC(=O)OC(C)(C)C)C(=O)N[C@H](C(=O)OC)C(C)C)C(=O)OC. The number of amides is 2. The van der Waals surface area contributed by atoms with E-state index in [-0.39, 0.29) is 11.7 Å². The van der Waals surface area contributed by atoms with Gasteiger partial charge in [0.2, 0.25) is 5.91 Å². The fourth-order valence-electron chi connectivity index (χ4n) is 2.15. The minimum absolute atomic E-state index is 0.216. The number of hydrogen-bond acceptors (Lipinski definition) is 10. The molecule has 0 spiro atoms. The maximum absolute atomic E-state index is 12.8. The summed E-state index contributed by atoms with van der Waals surface area (Å²) in [6.07, 6.45) is -0.889. The van der Waals surface area contributed by atoms with E-state index in [1.54, 1.807) is 34.6 Å². The molecule has 0 saturated carbocycles. The number of alkyl carbamates (subject to hydrolysis) is 1. The lowest BCUT2D eigenvalue weighted by atomic mass is 10.0. The third-order valence-corrected chi connectivity index (χ3v) is 4.93. The van der Waals surface area contributed by atoms with Gasteiger partial charge >= 0.3 is 24.0 Å². The van der Waals surface area contributed by atoms with E-state index in [4.69, 9.17) is 9.47 Å². The van der Waals surface area contributed by atoms with Crippen molar-refractivity contribution in [1.29, 1.82) is 0 Å². The zero-order valence-corrected chi connectivity index (χ0v) is 19.9. The Hall–Kier alpha value is -2.50. The molecule has 0 saturated heterocycles. The molecule has 0 fully saturated rings. The molecule has 2 amide bonds. The first kappa shape index (κ1) is 28.5. The van der Waals surface area contributed by atoms with Crippen LogP contribution in [0.5, 0.6) is 0 Å². The van der Waals surface area contributed by atoms with E-state index in [0.717, 1.165) is 26.0 Å². The number of carbonyl (C=O) groups is 5. The second-order valence-corrected chi connectivity index (χ2v) is 8.85. The Bertz CT molecular complexity index is 645. The smallest absolute Gasteiger partial charge is 0.408 e. The average molecular weight is 465 g/mol. The third-order valence-electron chi connectivity index (χ3n) is 3.69. The van der Waals surface area contributed by atoms with Crippen LogP contribution in [0.2, 0.25) is 0 Å². The maximum atomic E-state index is 12.8. The molecule has 0 heterocycles. The van der Waals surface area contributed by atoms with E-state index in [2.05, 4.69) is 20.1 Å². The molecule has 12 heteroatoms. The lowest BCUT2D eigenvalue weighted by Gasteiger charge is -2.26. The van der Waals surface area contributed by atoms with Gasteiger partial charge in [-0.15, -0.1) is 11.8 Å². The highest BCUT2D eigenvalue weighted by Crippen LogP contribution is 2.17. The minimum Gasteiger partial charge on any atom is -0.468 e. The number of methoxy groups -OCH3 is 3. The fourth-order valence-corrected chi connectivity index (χ4v) is 3.23. The summed E-state index contributed by atoms with van der Waals surface area (Å²) in [5, 5.41) is 3.54. The van der Waals surface area contributed by atoms with Gasteiger partial charge in [-0.05, 0) is 26.7 Å². The van der Waals surface area contributed by atoms with Crippen molar-refractivity contribution in [2.75, 3.05) is 27.1 Å². The molecule has 0 unspecified atom stereocenters. The van der Waals surface area contributed by atoms with Gasteiger partial charge in [-0.2, -0.15) is 0 Å². The highest BCUT2D eigenvalue weighted by atomic mass is 32.2. The Labute approximate surface area is 186 Å². The van der Waals surface area contributed by atoms with Crippen molar-refractivity contribution >= 4 is 41.7 Å². The van der Waals surface area contributed by atoms with Gasteiger partial charge in [-0.3, -0.25) is 14.4 Å². The number of ether oxygens (including phenoxy) is 4. The third kappa shape index (κ3) is 10.4. The molecule has 0 aromatic rings. The quantitative estimate of drug-likeness (QED) is 0.268. The topological polar surface area (TPSA) is 146 Å². The molecule has 178 valence electrons. The van der Waals surface area contributed by atoms with Gasteiger partial charge in [0.1, 0.15) is 17.7 Å². The summed E-state index contributed by atoms with van der Waals surface area (Å²) in [6.45, 7) is 8.35. The van der Waals surface area contributed by atoms with Crippen molar-refractivity contribution in [1.82, 2.24) is 10.6 Å². The summed E-state index contributed by atoms with van der Waals surface area (Å²) < 4.78 is 19.0. The van der Waals surface area contributed by atoms with E-state index in [0.29, 0.717) is 0 Å². The molecular formula is C19H32N2O9S. The van der Waals surface area contributed by atoms with Gasteiger partial charge in [-0.25, -0.2) is 9.59 Å². The second-order valence-electron chi connectivity index (χ2n) is 7.71. The predicted molar refractivity (Wildman–Crippen MR) is 112 cm³/mol. The van der Waals surface area contributed by atoms with Gasteiger partial charge in [0, 0.05) is 5.75 Å². The van der Waals surface area contributed by atoms with Gasteiger partial charge in [0.05, 0.1) is 21.3 Å². The highest BCUT2D eigenvalue weighted by Gasteiger charge is 2.34. The van der Waals surface area contributed by atoms with Crippen LogP contribution >= 0.6 is 11.8 Å². The number of esters is 3. The molecular weight excluding hydrogens is 432 g/mol. The monoisotopic (exact) mass is 464 g/mol. The van der Waals surface area contributed by atoms with Crippen molar-refractivity contribution in [2.24, 2.45) is 5.92 Å². The van der Waals surface area contributed by atoms with Crippen LogP contribution in [0.4, 0.5) is 4.79 Å². The Morgan fingerprint density at radius 3 is 1.71 bits per heavy atom. The fraction of sp³-hybridized carbons (Fsp3) is 0.737. The van der Waals surface area contributed by atoms with Crippen LogP contribution in [0.3, 0.4) is 0 Å². The van der Waals surface area contributed by atoms with E-state index >= 15 is 0 Å². The lowest BCUT2D eigenvalue weighted by Crippen LogP contribution is -2.55. The molecule has 31 heavy (non-hydrogen) atoms. The highest BCUT2D eigenvalue weighted by molar-refractivity contribution is 8.01. The number of nitrogens with one attached hydrogen (secondary N) is 2. The Kier molecular flexibility index (Phi) is 12.0. The summed E-state index contributed by atoms with van der Waals surface area (Å²) >= 11 is 0.737. The summed E-state index contributed by atoms with van der Waals surface area (Å²) in [4.78, 5) is 60.8. The Morgan fingerprint density at radius 1 is 0.839 bits per heavy atom. The Morgan fingerprint density at radius 2 is 1.32 bits per heavy atom. The molecule has 0 rings (SSSR count). The number of thioether (sulfide) groups is 1. The molecule has 2 atom stereocenters. The van der Waals surface area contributed by atoms with E-state index in [1.807, 2.05) is 0 Å². The van der Waals surface area contributed by atoms with Crippen molar-refractivity contribution in [3.05, 3.63) is 0 Å². The minimum atomic E-state index is -1.37. The summed E-state index contributed by atoms with van der Waals surface area (Å²) in [5.41, 5.74) is -0.828. The van der Waals surface area contributed by atoms with Crippen molar-refractivity contribution in [2.45, 2.75) is 57.6 Å². The maximum Gasteiger partial charge on any atom is 0.408 e. The van der Waals surface area contributed by atoms with Crippen LogP contribution in [0, 0.1) is 5.92 Å². The molecule has 11 nitrogen and oxygen atoms in total. The van der Waals surface area contributed by atoms with Crippen LogP contribution in [-0.2, 0) is 38.1 Å². The van der Waals surface area contributed by atoms with E-state index in [1.165, 1.54) is 7.11 Å². The number of hydrogen-bond donors (Lipinski definition) is 2. The zero-order valence-electron chi connectivity index (χ0n) is 19.1. The zero-order chi connectivity index (χ0) is 24.4. The standard InChI is InChI=1S/C19H32N2O9S/c1-10(2)12(15(23)27-6)21-14(22)11(20-18(26)30-19(3,4)5)9-31-13(16(24)28-7)17(25)29-8/h10-13H,9H2,1-8H3,(H,20,26)(H,21,22)/t11-,12-/m0/s1. The van der Waals surface area contributed by atoms with Crippen LogP contribution in [0.1, 0.15) is 34.6 Å². The number of rotatable bonds is 10. The average Bonchev–Trinajstić information content (AvgIpc) is 2.68. The molecule has 0 aliphatic carbocycles. The molecule has 0 radical (unpaired) electrons. The molecule has 0 aromatic carbocycles. The normalized spacial score (nSPS) is 13.1. The van der Waals surface area contributed by atoms with Gasteiger partial charge in [0.25, 0.3) is 0 Å². The first-order chi connectivity index (χ1) is 14.3. The lowest BCUT2D eigenvalue weighted by molar-refractivity contribution is -0.150. The first-order valence-electron chi connectivity index (χ1n) is 9.42. The van der Waals surface area contributed by atoms with Crippen LogP contribution < -0.4 is 10.6 Å². The van der Waals surface area contributed by atoms with E-state index < -0.39 is 52.8 Å². The second kappa shape index (κ2) is 13.0. The van der Waals surface area contributed by atoms with Crippen molar-refractivity contribution in [3.63, 3.8) is 0 Å². The largest absolute Gasteiger partial charge is 0.468 e.